The summed E-state index contributed by atoms with van der Waals surface area (Å²) < 4.78 is 11.3. The Bertz CT molecular complexity index is 1000. The van der Waals surface area contributed by atoms with Crippen LogP contribution in [0.25, 0.3) is 0 Å². The number of para-hydroxylation sites is 2. The van der Waals surface area contributed by atoms with E-state index in [0.29, 0.717) is 18.0 Å². The van der Waals surface area contributed by atoms with Crippen LogP contribution in [0.1, 0.15) is 35.4 Å². The molecule has 0 unspecified atom stereocenters. The molecule has 3 aromatic rings. The normalized spacial score (nSPS) is 13.4. The summed E-state index contributed by atoms with van der Waals surface area (Å²) in [5, 5.41) is 2.84. The summed E-state index contributed by atoms with van der Waals surface area (Å²) in [6.07, 6.45) is 0. The summed E-state index contributed by atoms with van der Waals surface area (Å²) >= 11 is 0. The van der Waals surface area contributed by atoms with Crippen molar-refractivity contribution < 1.29 is 19.1 Å². The van der Waals surface area contributed by atoms with Gasteiger partial charge >= 0.3 is 5.97 Å². The maximum atomic E-state index is 12.9. The minimum atomic E-state index is -0.623. The first-order chi connectivity index (χ1) is 14.6. The van der Waals surface area contributed by atoms with E-state index in [1.165, 1.54) is 0 Å². The van der Waals surface area contributed by atoms with Gasteiger partial charge in [-0.2, -0.15) is 0 Å². The van der Waals surface area contributed by atoms with Gasteiger partial charge in [-0.15, -0.1) is 0 Å². The van der Waals surface area contributed by atoms with Gasteiger partial charge in [0.05, 0.1) is 0 Å². The lowest BCUT2D eigenvalue weighted by Gasteiger charge is -2.26. The maximum absolute atomic E-state index is 12.9. The summed E-state index contributed by atoms with van der Waals surface area (Å²) in [5.41, 5.74) is 2.61. The average molecular weight is 401 g/mol. The first kappa shape index (κ1) is 19.7. The molecule has 1 aliphatic heterocycles. The largest absolute Gasteiger partial charge is 0.457 e. The van der Waals surface area contributed by atoms with E-state index in [-0.39, 0.29) is 18.4 Å². The Labute approximate surface area is 175 Å². The van der Waals surface area contributed by atoms with Crippen LogP contribution in [0, 0.1) is 0 Å². The maximum Gasteiger partial charge on any atom is 0.318 e. The molecule has 1 heterocycles. The predicted molar refractivity (Wildman–Crippen MR) is 114 cm³/mol. The Morgan fingerprint density at radius 1 is 0.900 bits per heavy atom. The molecular formula is C25H23NO4. The second kappa shape index (κ2) is 8.82. The lowest BCUT2D eigenvalue weighted by Crippen LogP contribution is -2.33. The topological polar surface area (TPSA) is 64.6 Å². The van der Waals surface area contributed by atoms with E-state index in [1.807, 2.05) is 85.8 Å². The second-order valence-corrected chi connectivity index (χ2v) is 7.33. The van der Waals surface area contributed by atoms with Crippen LogP contribution in [-0.4, -0.2) is 25.0 Å². The molecule has 0 bridgehead atoms. The molecule has 4 rings (SSSR count). The lowest BCUT2D eigenvalue weighted by atomic mass is 9.88. The zero-order chi connectivity index (χ0) is 20.9. The number of nitrogens with one attached hydrogen (secondary N) is 1. The van der Waals surface area contributed by atoms with Crippen molar-refractivity contribution in [3.05, 3.63) is 95.6 Å². The van der Waals surface area contributed by atoms with E-state index >= 15 is 0 Å². The summed E-state index contributed by atoms with van der Waals surface area (Å²) in [6, 6.07) is 24.7. The predicted octanol–water partition coefficient (Wildman–Crippen LogP) is 4.39. The minimum Gasteiger partial charge on any atom is -0.457 e. The van der Waals surface area contributed by atoms with E-state index in [0.717, 1.165) is 16.7 Å². The molecule has 1 atom stereocenters. The number of carbonyl (C=O) groups is 2. The van der Waals surface area contributed by atoms with Crippen LogP contribution in [0.15, 0.2) is 78.9 Å². The summed E-state index contributed by atoms with van der Waals surface area (Å²) in [6.45, 7) is 2.20. The smallest absolute Gasteiger partial charge is 0.318 e. The third-order valence-corrected chi connectivity index (χ3v) is 5.24. The molecule has 1 amide bonds. The fraction of sp³-hybridized carbons (Fsp3) is 0.200. The van der Waals surface area contributed by atoms with Crippen molar-refractivity contribution in [3.8, 4) is 11.5 Å². The van der Waals surface area contributed by atoms with Crippen LogP contribution in [0.3, 0.4) is 0 Å². The van der Waals surface area contributed by atoms with Crippen LogP contribution in [-0.2, 0) is 14.3 Å². The molecule has 5 heteroatoms. The summed E-state index contributed by atoms with van der Waals surface area (Å²) in [5.74, 6) is 0.00471. The van der Waals surface area contributed by atoms with Crippen LogP contribution in [0.2, 0.25) is 0 Å². The number of benzene rings is 3. The number of hydrogen-bond donors (Lipinski definition) is 1. The van der Waals surface area contributed by atoms with Gasteiger partial charge in [0.25, 0.3) is 5.91 Å². The lowest BCUT2D eigenvalue weighted by molar-refractivity contribution is -0.149. The number of ether oxygens (including phenoxy) is 2. The van der Waals surface area contributed by atoms with Gasteiger partial charge < -0.3 is 14.8 Å². The van der Waals surface area contributed by atoms with Gasteiger partial charge in [-0.25, -0.2) is 0 Å². The van der Waals surface area contributed by atoms with Gasteiger partial charge in [-0.05, 0) is 23.6 Å². The molecule has 30 heavy (non-hydrogen) atoms. The highest BCUT2D eigenvalue weighted by Gasteiger charge is 2.33. The number of amides is 1. The fourth-order valence-corrected chi connectivity index (χ4v) is 3.60. The minimum absolute atomic E-state index is 0.167. The molecule has 0 spiro atoms. The molecule has 0 radical (unpaired) electrons. The molecule has 0 saturated heterocycles. The van der Waals surface area contributed by atoms with E-state index in [4.69, 9.17) is 9.47 Å². The van der Waals surface area contributed by atoms with E-state index < -0.39 is 11.9 Å². The van der Waals surface area contributed by atoms with Crippen molar-refractivity contribution >= 4 is 11.9 Å². The number of hydrogen-bond acceptors (Lipinski definition) is 4. The van der Waals surface area contributed by atoms with Crippen molar-refractivity contribution in [2.75, 3.05) is 13.2 Å². The quantitative estimate of drug-likeness (QED) is 0.623. The van der Waals surface area contributed by atoms with Crippen LogP contribution in [0.4, 0.5) is 0 Å². The molecule has 3 aromatic carbocycles. The molecule has 152 valence electrons. The van der Waals surface area contributed by atoms with Crippen LogP contribution < -0.4 is 10.1 Å². The van der Waals surface area contributed by atoms with Crippen molar-refractivity contribution in [2.45, 2.75) is 18.8 Å². The van der Waals surface area contributed by atoms with Gasteiger partial charge in [0.1, 0.15) is 17.4 Å². The van der Waals surface area contributed by atoms with Crippen molar-refractivity contribution in [1.82, 2.24) is 5.32 Å². The average Bonchev–Trinajstić information content (AvgIpc) is 2.79. The van der Waals surface area contributed by atoms with Crippen LogP contribution >= 0.6 is 0 Å². The molecule has 1 N–H and O–H groups in total. The molecular weight excluding hydrogens is 378 g/mol. The molecule has 0 aromatic heterocycles. The standard InChI is InChI=1S/C25H23NO4/c1-17(18-9-3-2-4-10-18)15-26-23(27)16-29-25(28)24-19-11-5-7-13-21(19)30-22-14-8-6-12-20(22)24/h2-14,17,24H,15-16H2,1H3,(H,26,27)/t17-/m1/s1. The Balaban J connectivity index is 1.39. The van der Waals surface area contributed by atoms with Crippen LogP contribution in [0.5, 0.6) is 11.5 Å². The van der Waals surface area contributed by atoms with Gasteiger partial charge in [-0.3, -0.25) is 9.59 Å². The van der Waals surface area contributed by atoms with Crippen molar-refractivity contribution in [2.24, 2.45) is 0 Å². The highest BCUT2D eigenvalue weighted by Crippen LogP contribution is 2.44. The number of carbonyl (C=O) groups excluding carboxylic acids is 2. The Kier molecular flexibility index (Phi) is 5.80. The second-order valence-electron chi connectivity index (χ2n) is 7.33. The Hall–Kier alpha value is -3.60. The SMILES string of the molecule is C[C@H](CNC(=O)COC(=O)C1c2ccccc2Oc2ccccc21)c1ccccc1. The van der Waals surface area contributed by atoms with E-state index in [2.05, 4.69) is 5.32 Å². The number of rotatable bonds is 6. The zero-order valence-electron chi connectivity index (χ0n) is 16.7. The monoisotopic (exact) mass is 401 g/mol. The summed E-state index contributed by atoms with van der Waals surface area (Å²) in [7, 11) is 0. The molecule has 0 saturated carbocycles. The highest BCUT2D eigenvalue weighted by atomic mass is 16.5. The Morgan fingerprint density at radius 3 is 2.10 bits per heavy atom. The number of esters is 1. The van der Waals surface area contributed by atoms with Crippen molar-refractivity contribution in [3.63, 3.8) is 0 Å². The Morgan fingerprint density at radius 2 is 1.47 bits per heavy atom. The fourth-order valence-electron chi connectivity index (χ4n) is 3.60. The third kappa shape index (κ3) is 4.20. The molecule has 5 nitrogen and oxygen atoms in total. The highest BCUT2D eigenvalue weighted by molar-refractivity contribution is 5.87. The third-order valence-electron chi connectivity index (χ3n) is 5.24. The first-order valence-electron chi connectivity index (χ1n) is 9.97. The summed E-state index contributed by atoms with van der Waals surface area (Å²) in [4.78, 5) is 25.2. The van der Waals surface area contributed by atoms with E-state index in [1.54, 1.807) is 0 Å². The molecule has 0 aliphatic carbocycles. The van der Waals surface area contributed by atoms with Gasteiger partial charge in [0.2, 0.25) is 0 Å². The van der Waals surface area contributed by atoms with Crippen molar-refractivity contribution in [1.29, 1.82) is 0 Å². The zero-order valence-corrected chi connectivity index (χ0v) is 16.7. The molecule has 0 fully saturated rings. The van der Waals surface area contributed by atoms with Gasteiger partial charge in [0, 0.05) is 17.7 Å². The van der Waals surface area contributed by atoms with Gasteiger partial charge in [-0.1, -0.05) is 73.7 Å². The first-order valence-corrected chi connectivity index (χ1v) is 9.97. The number of fused-ring (bicyclic) bond motifs is 2. The van der Waals surface area contributed by atoms with E-state index in [9.17, 15) is 9.59 Å². The molecule has 1 aliphatic rings. The van der Waals surface area contributed by atoms with Gasteiger partial charge in [0.15, 0.2) is 6.61 Å².